The van der Waals surface area contributed by atoms with Crippen LogP contribution in [0, 0.1) is 10.1 Å². The molecule has 0 spiro atoms. The van der Waals surface area contributed by atoms with Crippen LogP contribution in [0.25, 0.3) is 0 Å². The lowest BCUT2D eigenvalue weighted by Gasteiger charge is -2.06. The normalized spacial score (nSPS) is 10.2. The van der Waals surface area contributed by atoms with E-state index in [-0.39, 0.29) is 11.5 Å². The Morgan fingerprint density at radius 1 is 1.58 bits per heavy atom. The summed E-state index contributed by atoms with van der Waals surface area (Å²) in [4.78, 5) is 15.5. The Bertz CT molecular complexity index is 603. The number of pyridine rings is 1. The van der Waals surface area contributed by atoms with Crippen molar-refractivity contribution in [3.63, 3.8) is 0 Å². The highest BCUT2D eigenvalue weighted by Gasteiger charge is 2.16. The number of nitro groups is 1. The van der Waals surface area contributed by atoms with E-state index in [0.29, 0.717) is 12.4 Å². The first kappa shape index (κ1) is 13.8. The fourth-order valence-electron chi connectivity index (χ4n) is 1.44. The Morgan fingerprint density at radius 3 is 2.95 bits per heavy atom. The maximum absolute atomic E-state index is 10.9. The van der Waals surface area contributed by atoms with Crippen LogP contribution in [0.15, 0.2) is 28.1 Å². The van der Waals surface area contributed by atoms with Gasteiger partial charge in [0.1, 0.15) is 0 Å². The molecule has 0 saturated carbocycles. The zero-order chi connectivity index (χ0) is 13.8. The van der Waals surface area contributed by atoms with Gasteiger partial charge in [-0.25, -0.2) is 0 Å². The molecular weight excluding hydrogens is 334 g/mol. The number of thiophene rings is 1. The zero-order valence-corrected chi connectivity index (χ0v) is 12.3. The summed E-state index contributed by atoms with van der Waals surface area (Å²) in [6.07, 6.45) is 0. The Labute approximate surface area is 121 Å². The standard InChI is InChI=1S/C11H10BrN3O3S/c1-18-10-3-2-9(15(16)17)11(14-10)13-5-8-4-7(12)6-19-8/h2-4,6H,5H2,1H3,(H,13,14). The minimum atomic E-state index is -0.473. The third-order valence-electron chi connectivity index (χ3n) is 2.31. The van der Waals surface area contributed by atoms with Gasteiger partial charge in [0, 0.05) is 26.9 Å². The third-order valence-corrected chi connectivity index (χ3v) is 4.00. The molecule has 6 nitrogen and oxygen atoms in total. The summed E-state index contributed by atoms with van der Waals surface area (Å²) in [5.74, 6) is 0.536. The second-order valence-corrected chi connectivity index (χ2v) is 5.47. The van der Waals surface area contributed by atoms with Gasteiger partial charge in [0.15, 0.2) is 0 Å². The molecule has 0 aliphatic carbocycles. The first-order valence-corrected chi connectivity index (χ1v) is 6.93. The van der Waals surface area contributed by atoms with Crippen LogP contribution in [0.2, 0.25) is 0 Å². The van der Waals surface area contributed by atoms with Crippen LogP contribution in [-0.4, -0.2) is 17.0 Å². The highest BCUT2D eigenvalue weighted by molar-refractivity contribution is 9.10. The number of ether oxygens (including phenoxy) is 1. The third kappa shape index (κ3) is 3.42. The minimum absolute atomic E-state index is 0.0728. The average Bonchev–Trinajstić information content (AvgIpc) is 2.81. The van der Waals surface area contributed by atoms with Crippen LogP contribution < -0.4 is 10.1 Å². The van der Waals surface area contributed by atoms with Crippen molar-refractivity contribution in [2.45, 2.75) is 6.54 Å². The Morgan fingerprint density at radius 2 is 2.37 bits per heavy atom. The molecule has 0 unspecified atom stereocenters. The summed E-state index contributed by atoms with van der Waals surface area (Å²) in [5.41, 5.74) is -0.0728. The molecular formula is C11H10BrN3O3S. The first-order valence-electron chi connectivity index (χ1n) is 5.26. The van der Waals surface area contributed by atoms with Crippen molar-refractivity contribution in [3.8, 4) is 5.88 Å². The molecule has 0 fully saturated rings. The monoisotopic (exact) mass is 343 g/mol. The lowest BCUT2D eigenvalue weighted by Crippen LogP contribution is -2.04. The number of hydrogen-bond donors (Lipinski definition) is 1. The smallest absolute Gasteiger partial charge is 0.311 e. The first-order chi connectivity index (χ1) is 9.10. The largest absolute Gasteiger partial charge is 0.481 e. The van der Waals surface area contributed by atoms with Crippen molar-refractivity contribution >= 4 is 38.8 Å². The van der Waals surface area contributed by atoms with E-state index in [1.54, 1.807) is 11.3 Å². The van der Waals surface area contributed by atoms with E-state index in [4.69, 9.17) is 4.74 Å². The van der Waals surface area contributed by atoms with Gasteiger partial charge >= 0.3 is 5.69 Å². The predicted molar refractivity (Wildman–Crippen MR) is 76.8 cm³/mol. The summed E-state index contributed by atoms with van der Waals surface area (Å²) in [5, 5.41) is 15.8. The fourth-order valence-corrected chi connectivity index (χ4v) is 2.83. The number of nitrogens with zero attached hydrogens (tertiary/aromatic N) is 2. The molecule has 0 aliphatic heterocycles. The van der Waals surface area contributed by atoms with Crippen LogP contribution in [0.5, 0.6) is 5.88 Å². The molecule has 0 saturated heterocycles. The van der Waals surface area contributed by atoms with Crippen molar-refractivity contribution in [1.29, 1.82) is 0 Å². The lowest BCUT2D eigenvalue weighted by atomic mass is 10.3. The number of halogens is 1. The van der Waals surface area contributed by atoms with E-state index in [9.17, 15) is 10.1 Å². The van der Waals surface area contributed by atoms with Gasteiger partial charge in [-0.2, -0.15) is 4.98 Å². The second-order valence-electron chi connectivity index (χ2n) is 3.56. The van der Waals surface area contributed by atoms with Gasteiger partial charge < -0.3 is 10.1 Å². The molecule has 0 atom stereocenters. The molecule has 2 rings (SSSR count). The molecule has 8 heteroatoms. The van der Waals surface area contributed by atoms with E-state index in [1.165, 1.54) is 19.2 Å². The molecule has 1 N–H and O–H groups in total. The van der Waals surface area contributed by atoms with Gasteiger partial charge in [0.05, 0.1) is 18.6 Å². The molecule has 0 radical (unpaired) electrons. The van der Waals surface area contributed by atoms with Crippen LogP contribution in [0.3, 0.4) is 0 Å². The quantitative estimate of drug-likeness (QED) is 0.664. The number of hydrogen-bond acceptors (Lipinski definition) is 6. The van der Waals surface area contributed by atoms with E-state index in [2.05, 4.69) is 26.2 Å². The molecule has 0 amide bonds. The van der Waals surface area contributed by atoms with Crippen molar-refractivity contribution in [3.05, 3.63) is 43.0 Å². The summed E-state index contributed by atoms with van der Waals surface area (Å²) in [7, 11) is 1.47. The molecule has 2 aromatic rings. The average molecular weight is 344 g/mol. The SMILES string of the molecule is COc1ccc([N+](=O)[O-])c(NCc2cc(Br)cs2)n1. The predicted octanol–water partition coefficient (Wildman–Crippen LogP) is 3.43. The molecule has 0 aliphatic rings. The lowest BCUT2D eigenvalue weighted by molar-refractivity contribution is -0.384. The van der Waals surface area contributed by atoms with Gasteiger partial charge in [-0.1, -0.05) is 0 Å². The zero-order valence-electron chi connectivity index (χ0n) is 9.92. The number of nitrogens with one attached hydrogen (secondary N) is 1. The molecule has 0 bridgehead atoms. The summed E-state index contributed by atoms with van der Waals surface area (Å²) < 4.78 is 5.96. The number of rotatable bonds is 5. The highest BCUT2D eigenvalue weighted by Crippen LogP contribution is 2.26. The van der Waals surface area contributed by atoms with E-state index < -0.39 is 4.92 Å². The Balaban J connectivity index is 2.19. The summed E-state index contributed by atoms with van der Waals surface area (Å²) >= 11 is 4.91. The van der Waals surface area contributed by atoms with E-state index in [1.807, 2.05) is 11.4 Å². The number of aromatic nitrogens is 1. The molecule has 2 aromatic heterocycles. The molecule has 19 heavy (non-hydrogen) atoms. The Hall–Kier alpha value is -1.67. The van der Waals surface area contributed by atoms with Crippen LogP contribution in [-0.2, 0) is 6.54 Å². The maximum atomic E-state index is 10.9. The molecule has 100 valence electrons. The van der Waals surface area contributed by atoms with Gasteiger partial charge in [-0.05, 0) is 22.0 Å². The number of anilines is 1. The van der Waals surface area contributed by atoms with Gasteiger partial charge in [0.25, 0.3) is 0 Å². The fraction of sp³-hybridized carbons (Fsp3) is 0.182. The summed E-state index contributed by atoms with van der Waals surface area (Å²) in [6.45, 7) is 0.470. The number of methoxy groups -OCH3 is 1. The van der Waals surface area contributed by atoms with Gasteiger partial charge in [-0.3, -0.25) is 10.1 Å². The molecule has 0 aromatic carbocycles. The molecule has 2 heterocycles. The Kier molecular flexibility index (Phi) is 4.33. The van der Waals surface area contributed by atoms with Crippen LogP contribution >= 0.6 is 27.3 Å². The van der Waals surface area contributed by atoms with E-state index >= 15 is 0 Å². The maximum Gasteiger partial charge on any atom is 0.311 e. The topological polar surface area (TPSA) is 77.3 Å². The summed E-state index contributed by atoms with van der Waals surface area (Å²) in [6, 6.07) is 4.78. The van der Waals surface area contributed by atoms with Crippen molar-refractivity contribution in [2.75, 3.05) is 12.4 Å². The van der Waals surface area contributed by atoms with Gasteiger partial charge in [0.2, 0.25) is 11.7 Å². The van der Waals surface area contributed by atoms with Crippen LogP contribution in [0.1, 0.15) is 4.88 Å². The van der Waals surface area contributed by atoms with Crippen LogP contribution in [0.4, 0.5) is 11.5 Å². The van der Waals surface area contributed by atoms with E-state index in [0.717, 1.165) is 9.35 Å². The highest BCUT2D eigenvalue weighted by atomic mass is 79.9. The minimum Gasteiger partial charge on any atom is -0.481 e. The second kappa shape index (κ2) is 5.98. The van der Waals surface area contributed by atoms with Crippen molar-refractivity contribution in [1.82, 2.24) is 4.98 Å². The van der Waals surface area contributed by atoms with Crippen molar-refractivity contribution < 1.29 is 9.66 Å². The van der Waals surface area contributed by atoms with Gasteiger partial charge in [-0.15, -0.1) is 11.3 Å². The van der Waals surface area contributed by atoms with Crippen molar-refractivity contribution in [2.24, 2.45) is 0 Å².